The smallest absolute Gasteiger partial charge is 0.237 e. The number of amides is 1. The number of H-pyrrole nitrogens is 1. The number of nitrogens with one attached hydrogen (secondary N) is 2. The lowest BCUT2D eigenvalue weighted by Crippen LogP contribution is -2.42. The number of nitrogens with two attached hydrogens (primary N) is 1. The van der Waals surface area contributed by atoms with Gasteiger partial charge in [0.25, 0.3) is 0 Å². The summed E-state index contributed by atoms with van der Waals surface area (Å²) in [6.45, 7) is 0.496. The topological polar surface area (TPSA) is 104 Å². The highest BCUT2D eigenvalue weighted by Crippen LogP contribution is 2.10. The first kappa shape index (κ1) is 14.1. The van der Waals surface area contributed by atoms with Gasteiger partial charge in [0.1, 0.15) is 11.6 Å². The van der Waals surface area contributed by atoms with Crippen LogP contribution in [0.3, 0.4) is 0 Å². The number of rotatable bonds is 6. The number of carbonyl (C=O) groups excluding carboxylic acids is 1. The molecule has 2 aromatic rings. The van der Waals surface area contributed by atoms with Crippen molar-refractivity contribution in [3.63, 3.8) is 0 Å². The summed E-state index contributed by atoms with van der Waals surface area (Å²) in [5.41, 5.74) is 6.76. The molecule has 0 aliphatic carbocycles. The van der Waals surface area contributed by atoms with E-state index >= 15 is 0 Å². The number of aromatic nitrogens is 2. The van der Waals surface area contributed by atoms with E-state index in [0.29, 0.717) is 19.4 Å². The Labute approximate surface area is 117 Å². The van der Waals surface area contributed by atoms with Crippen LogP contribution in [0.1, 0.15) is 11.4 Å². The Morgan fingerprint density at radius 3 is 2.80 bits per heavy atom. The van der Waals surface area contributed by atoms with Gasteiger partial charge in [-0.1, -0.05) is 12.1 Å². The minimum atomic E-state index is -0.601. The minimum Gasteiger partial charge on any atom is -0.508 e. The summed E-state index contributed by atoms with van der Waals surface area (Å²) in [5, 5.41) is 12.0. The van der Waals surface area contributed by atoms with Gasteiger partial charge >= 0.3 is 0 Å². The van der Waals surface area contributed by atoms with Gasteiger partial charge in [0.2, 0.25) is 5.91 Å². The lowest BCUT2D eigenvalue weighted by molar-refractivity contribution is -0.122. The maximum absolute atomic E-state index is 11.8. The molecule has 0 radical (unpaired) electrons. The fourth-order valence-corrected chi connectivity index (χ4v) is 1.85. The Morgan fingerprint density at radius 1 is 1.40 bits per heavy atom. The number of phenolic OH excluding ortho intramolecular Hbond substituents is 1. The molecule has 1 aromatic heterocycles. The third kappa shape index (κ3) is 4.10. The second-order valence-corrected chi connectivity index (χ2v) is 4.55. The number of benzene rings is 1. The molecule has 0 saturated heterocycles. The molecule has 0 fully saturated rings. The number of phenols is 1. The van der Waals surface area contributed by atoms with Crippen LogP contribution < -0.4 is 11.1 Å². The van der Waals surface area contributed by atoms with Crippen molar-refractivity contribution in [2.75, 3.05) is 6.54 Å². The van der Waals surface area contributed by atoms with Crippen LogP contribution in [0, 0.1) is 0 Å². The largest absolute Gasteiger partial charge is 0.508 e. The highest BCUT2D eigenvalue weighted by atomic mass is 16.3. The summed E-state index contributed by atoms with van der Waals surface area (Å²) < 4.78 is 0. The number of nitrogens with zero attached hydrogens (tertiary/aromatic N) is 1. The van der Waals surface area contributed by atoms with Crippen LogP contribution in [0.4, 0.5) is 0 Å². The highest BCUT2D eigenvalue weighted by molar-refractivity contribution is 5.81. The van der Waals surface area contributed by atoms with Gasteiger partial charge in [-0.15, -0.1) is 0 Å². The summed E-state index contributed by atoms with van der Waals surface area (Å²) in [6, 6.07) is 6.07. The molecular formula is C14H18N4O2. The van der Waals surface area contributed by atoms with Gasteiger partial charge < -0.3 is 21.1 Å². The van der Waals surface area contributed by atoms with E-state index in [9.17, 15) is 9.90 Å². The van der Waals surface area contributed by atoms with Gasteiger partial charge in [-0.2, -0.15) is 0 Å². The van der Waals surface area contributed by atoms with Crippen molar-refractivity contribution in [1.82, 2.24) is 15.3 Å². The number of imidazole rings is 1. The van der Waals surface area contributed by atoms with E-state index in [1.165, 1.54) is 0 Å². The fourth-order valence-electron chi connectivity index (χ4n) is 1.85. The van der Waals surface area contributed by atoms with Crippen molar-refractivity contribution in [1.29, 1.82) is 0 Å². The molecular weight excluding hydrogens is 256 g/mol. The van der Waals surface area contributed by atoms with Crippen LogP contribution in [0.15, 0.2) is 36.7 Å². The molecule has 6 heteroatoms. The van der Waals surface area contributed by atoms with Crippen molar-refractivity contribution >= 4 is 5.91 Å². The van der Waals surface area contributed by atoms with E-state index in [1.54, 1.807) is 36.7 Å². The van der Waals surface area contributed by atoms with Crippen molar-refractivity contribution < 1.29 is 9.90 Å². The van der Waals surface area contributed by atoms with Gasteiger partial charge in [-0.25, -0.2) is 4.98 Å². The third-order valence-corrected chi connectivity index (χ3v) is 2.94. The van der Waals surface area contributed by atoms with Gasteiger partial charge in [-0.3, -0.25) is 4.79 Å². The number of carbonyl (C=O) groups is 1. The zero-order chi connectivity index (χ0) is 14.4. The lowest BCUT2D eigenvalue weighted by atomic mass is 10.1. The normalized spacial score (nSPS) is 12.1. The molecule has 0 aliphatic rings. The van der Waals surface area contributed by atoms with Gasteiger partial charge in [0, 0.05) is 25.4 Å². The standard InChI is InChI=1S/C14H18N4O2/c15-12(9-10-1-3-11(19)4-2-10)14(20)18-6-5-13-16-7-8-17-13/h1-4,7-8,12,19H,5-6,9,15H2,(H,16,17)(H,18,20). The summed E-state index contributed by atoms with van der Waals surface area (Å²) >= 11 is 0. The summed E-state index contributed by atoms with van der Waals surface area (Å²) in [6.07, 6.45) is 4.50. The molecule has 1 aromatic carbocycles. The molecule has 1 unspecified atom stereocenters. The van der Waals surface area contributed by atoms with Crippen LogP contribution in [0.25, 0.3) is 0 Å². The van der Waals surface area contributed by atoms with Crippen LogP contribution in [-0.2, 0) is 17.6 Å². The molecule has 6 nitrogen and oxygen atoms in total. The monoisotopic (exact) mass is 274 g/mol. The Hall–Kier alpha value is -2.34. The minimum absolute atomic E-state index is 0.190. The van der Waals surface area contributed by atoms with Gasteiger partial charge in [0.15, 0.2) is 0 Å². The number of aromatic amines is 1. The van der Waals surface area contributed by atoms with Crippen LogP contribution in [0.2, 0.25) is 0 Å². The molecule has 20 heavy (non-hydrogen) atoms. The first-order valence-electron chi connectivity index (χ1n) is 6.44. The molecule has 106 valence electrons. The molecule has 0 spiro atoms. The van der Waals surface area contributed by atoms with Crippen molar-refractivity contribution in [3.05, 3.63) is 48.0 Å². The van der Waals surface area contributed by atoms with E-state index in [-0.39, 0.29) is 11.7 Å². The van der Waals surface area contributed by atoms with Crippen LogP contribution in [-0.4, -0.2) is 33.6 Å². The summed E-state index contributed by atoms with van der Waals surface area (Å²) in [7, 11) is 0. The van der Waals surface area contributed by atoms with E-state index in [4.69, 9.17) is 5.73 Å². The van der Waals surface area contributed by atoms with Gasteiger partial charge in [0.05, 0.1) is 6.04 Å². The van der Waals surface area contributed by atoms with Gasteiger partial charge in [-0.05, 0) is 24.1 Å². The van der Waals surface area contributed by atoms with Crippen LogP contribution >= 0.6 is 0 Å². The first-order valence-corrected chi connectivity index (χ1v) is 6.44. The van der Waals surface area contributed by atoms with E-state index in [2.05, 4.69) is 15.3 Å². The zero-order valence-corrected chi connectivity index (χ0v) is 11.0. The molecule has 5 N–H and O–H groups in total. The van der Waals surface area contributed by atoms with Crippen molar-refractivity contribution in [2.24, 2.45) is 5.73 Å². The number of hydrogen-bond acceptors (Lipinski definition) is 4. The zero-order valence-electron chi connectivity index (χ0n) is 11.0. The van der Waals surface area contributed by atoms with E-state index in [0.717, 1.165) is 11.4 Å². The van der Waals surface area contributed by atoms with E-state index < -0.39 is 6.04 Å². The Kier molecular flexibility index (Phi) is 4.73. The quantitative estimate of drug-likeness (QED) is 0.610. The average molecular weight is 274 g/mol. The fraction of sp³-hybridized carbons (Fsp3) is 0.286. The maximum Gasteiger partial charge on any atom is 0.237 e. The van der Waals surface area contributed by atoms with Crippen LogP contribution in [0.5, 0.6) is 5.75 Å². The highest BCUT2D eigenvalue weighted by Gasteiger charge is 2.13. The van der Waals surface area contributed by atoms with E-state index in [1.807, 2.05) is 0 Å². The second-order valence-electron chi connectivity index (χ2n) is 4.55. The molecule has 0 aliphatic heterocycles. The molecule has 1 amide bonds. The first-order chi connectivity index (χ1) is 9.65. The predicted octanol–water partition coefficient (Wildman–Crippen LogP) is 0.344. The second kappa shape index (κ2) is 6.72. The van der Waals surface area contributed by atoms with Crippen molar-refractivity contribution in [3.8, 4) is 5.75 Å². The Morgan fingerprint density at radius 2 is 2.15 bits per heavy atom. The number of hydrogen-bond donors (Lipinski definition) is 4. The van der Waals surface area contributed by atoms with Crippen molar-refractivity contribution in [2.45, 2.75) is 18.9 Å². The Bertz CT molecular complexity index is 537. The molecule has 0 bridgehead atoms. The summed E-state index contributed by atoms with van der Waals surface area (Å²) in [5.74, 6) is 0.840. The molecule has 1 atom stereocenters. The molecule has 2 rings (SSSR count). The maximum atomic E-state index is 11.8. The molecule has 1 heterocycles. The summed E-state index contributed by atoms with van der Waals surface area (Å²) in [4.78, 5) is 18.9. The third-order valence-electron chi connectivity index (χ3n) is 2.94. The Balaban J connectivity index is 1.75. The predicted molar refractivity (Wildman–Crippen MR) is 75.1 cm³/mol. The lowest BCUT2D eigenvalue weighted by Gasteiger charge is -2.12. The average Bonchev–Trinajstić information content (AvgIpc) is 2.94. The SMILES string of the molecule is NC(Cc1ccc(O)cc1)C(=O)NCCc1ncc[nH]1. The molecule has 0 saturated carbocycles. The number of aromatic hydroxyl groups is 1.